The molecule has 1 atom stereocenters. The van der Waals surface area contributed by atoms with E-state index in [-0.39, 0.29) is 16.9 Å². The molecule has 34 heavy (non-hydrogen) atoms. The van der Waals surface area contributed by atoms with Crippen molar-refractivity contribution >= 4 is 28.1 Å². The van der Waals surface area contributed by atoms with Gasteiger partial charge in [-0.15, -0.1) is 0 Å². The van der Waals surface area contributed by atoms with Gasteiger partial charge >= 0.3 is 5.97 Å². The number of hydrogen-bond donors (Lipinski definition) is 4. The Labute approximate surface area is 197 Å². The molecule has 0 spiro atoms. The van der Waals surface area contributed by atoms with Gasteiger partial charge in [-0.1, -0.05) is 54.1 Å². The van der Waals surface area contributed by atoms with Crippen LogP contribution in [-0.2, 0) is 21.2 Å². The van der Waals surface area contributed by atoms with Crippen LogP contribution in [0.15, 0.2) is 76.7 Å². The zero-order chi connectivity index (χ0) is 24.9. The molecule has 3 aromatic rings. The summed E-state index contributed by atoms with van der Waals surface area (Å²) in [4.78, 5) is 24.4. The summed E-state index contributed by atoms with van der Waals surface area (Å²) in [6, 6.07) is 16.8. The van der Waals surface area contributed by atoms with Crippen LogP contribution in [0, 0.1) is 6.92 Å². The predicted octanol–water partition coefficient (Wildman–Crippen LogP) is 2.03. The van der Waals surface area contributed by atoms with Crippen molar-refractivity contribution in [1.82, 2.24) is 5.32 Å². The zero-order valence-electron chi connectivity index (χ0n) is 18.3. The minimum atomic E-state index is -3.95. The van der Waals surface area contributed by atoms with Gasteiger partial charge in [0.25, 0.3) is 5.91 Å². The first kappa shape index (κ1) is 24.6. The first-order valence-corrected chi connectivity index (χ1v) is 11.7. The first-order chi connectivity index (χ1) is 16.1. The molecule has 0 aliphatic heterocycles. The number of benzene rings is 3. The van der Waals surface area contributed by atoms with E-state index in [0.717, 1.165) is 5.56 Å². The summed E-state index contributed by atoms with van der Waals surface area (Å²) in [5.41, 5.74) is 3.44. The van der Waals surface area contributed by atoms with Gasteiger partial charge in [0.2, 0.25) is 10.0 Å². The summed E-state index contributed by atoms with van der Waals surface area (Å²) >= 11 is 0. The smallest absolute Gasteiger partial charge is 0.326 e. The first-order valence-electron chi connectivity index (χ1n) is 10.2. The average Bonchev–Trinajstić information content (AvgIpc) is 2.78. The lowest BCUT2D eigenvalue weighted by molar-refractivity contribution is -0.139. The molecule has 0 aliphatic carbocycles. The number of primary sulfonamides is 1. The van der Waals surface area contributed by atoms with Crippen LogP contribution < -0.4 is 16.3 Å². The monoisotopic (exact) mass is 480 g/mol. The highest BCUT2D eigenvalue weighted by Crippen LogP contribution is 2.28. The highest BCUT2D eigenvalue weighted by Gasteiger charge is 2.22. The fourth-order valence-electron chi connectivity index (χ4n) is 3.48. The summed E-state index contributed by atoms with van der Waals surface area (Å²) in [6.07, 6.45) is 1.50. The number of nitrogens with two attached hydrogens (primary N) is 2. The highest BCUT2D eigenvalue weighted by atomic mass is 32.2. The minimum absolute atomic E-state index is 0.0249. The molecular weight excluding hydrogens is 456 g/mol. The number of carboxylic acids is 1. The van der Waals surface area contributed by atoms with E-state index in [4.69, 9.17) is 11.0 Å². The van der Waals surface area contributed by atoms with Crippen LogP contribution in [0.25, 0.3) is 11.1 Å². The zero-order valence-corrected chi connectivity index (χ0v) is 19.1. The van der Waals surface area contributed by atoms with Crippen molar-refractivity contribution in [2.24, 2.45) is 16.1 Å². The second-order valence-corrected chi connectivity index (χ2v) is 9.24. The molecule has 0 bridgehead atoms. The molecule has 0 aliphatic rings. The number of amides is 1. The normalized spacial score (nSPS) is 12.4. The lowest BCUT2D eigenvalue weighted by atomic mass is 10.0. The van der Waals surface area contributed by atoms with E-state index in [1.54, 1.807) is 48.5 Å². The topological polar surface area (TPSA) is 165 Å². The van der Waals surface area contributed by atoms with Gasteiger partial charge in [0.1, 0.15) is 6.04 Å². The van der Waals surface area contributed by atoms with Crippen LogP contribution in [0.2, 0.25) is 0 Å². The Morgan fingerprint density at radius 1 is 1.09 bits per heavy atom. The molecule has 6 N–H and O–H groups in total. The fourth-order valence-corrected chi connectivity index (χ4v) is 4.22. The number of hydrogen-bond acceptors (Lipinski definition) is 6. The standard InChI is InChI=1S/C24H24N4O5S/c1-15-5-10-22(34(26,32)33)20(11-15)18-6-8-19(9-7-18)23(29)28-21(24(30)31)13-16-3-2-4-17(12-16)14-27-25/h2-12,14,21H,13,25H2,1H3,(H,28,29)(H,30,31)(H2,26,32,33)/t21-/m0/s1. The predicted molar refractivity (Wildman–Crippen MR) is 129 cm³/mol. The van der Waals surface area contributed by atoms with Gasteiger partial charge in [0.15, 0.2) is 0 Å². The molecule has 10 heteroatoms. The number of aliphatic carboxylic acids is 1. The third kappa shape index (κ3) is 6.06. The summed E-state index contributed by atoms with van der Waals surface area (Å²) in [5.74, 6) is 3.40. The summed E-state index contributed by atoms with van der Waals surface area (Å²) in [7, 11) is -3.95. The maximum atomic E-state index is 12.7. The maximum absolute atomic E-state index is 12.7. The number of carbonyl (C=O) groups is 2. The van der Waals surface area contributed by atoms with E-state index in [2.05, 4.69) is 10.4 Å². The average molecular weight is 481 g/mol. The van der Waals surface area contributed by atoms with Gasteiger partial charge in [-0.3, -0.25) is 4.79 Å². The molecule has 1 amide bonds. The number of aryl methyl sites for hydroxylation is 1. The van der Waals surface area contributed by atoms with Gasteiger partial charge in [-0.2, -0.15) is 5.10 Å². The molecule has 0 saturated heterocycles. The SMILES string of the molecule is Cc1ccc(S(N)(=O)=O)c(-c2ccc(C(=O)N[C@@H](Cc3cccc(C=NN)c3)C(=O)O)cc2)c1. The Balaban J connectivity index is 1.81. The molecule has 0 saturated carbocycles. The molecule has 9 nitrogen and oxygen atoms in total. The van der Waals surface area contributed by atoms with Gasteiger partial charge in [-0.25, -0.2) is 18.4 Å². The van der Waals surface area contributed by atoms with Crippen molar-refractivity contribution < 1.29 is 23.1 Å². The molecule has 0 unspecified atom stereocenters. The number of rotatable bonds is 8. The Morgan fingerprint density at radius 3 is 2.41 bits per heavy atom. The van der Waals surface area contributed by atoms with Crippen molar-refractivity contribution in [3.05, 3.63) is 89.0 Å². The number of hydrazone groups is 1. The van der Waals surface area contributed by atoms with E-state index in [1.165, 1.54) is 24.4 Å². The molecule has 0 aromatic heterocycles. The summed E-state index contributed by atoms with van der Waals surface area (Å²) in [5, 5.41) is 20.9. The second kappa shape index (κ2) is 10.3. The van der Waals surface area contributed by atoms with E-state index >= 15 is 0 Å². The van der Waals surface area contributed by atoms with Crippen molar-refractivity contribution in [1.29, 1.82) is 0 Å². The van der Waals surface area contributed by atoms with Crippen molar-refractivity contribution in [3.8, 4) is 11.1 Å². The third-order valence-electron chi connectivity index (χ3n) is 5.12. The fraction of sp³-hybridized carbons (Fsp3) is 0.125. The number of carboxylic acid groups (broad SMARTS) is 1. The molecule has 0 fully saturated rings. The van der Waals surface area contributed by atoms with Crippen LogP contribution in [0.1, 0.15) is 27.0 Å². The van der Waals surface area contributed by atoms with Crippen LogP contribution in [0.5, 0.6) is 0 Å². The Morgan fingerprint density at radius 2 is 1.79 bits per heavy atom. The third-order valence-corrected chi connectivity index (χ3v) is 6.09. The van der Waals surface area contributed by atoms with E-state index < -0.39 is 27.9 Å². The Bertz CT molecular complexity index is 1350. The Kier molecular flexibility index (Phi) is 7.44. The molecule has 3 rings (SSSR count). The maximum Gasteiger partial charge on any atom is 0.326 e. The van der Waals surface area contributed by atoms with Crippen LogP contribution in [0.3, 0.4) is 0 Å². The number of carbonyl (C=O) groups excluding carboxylic acids is 1. The number of nitrogens with zero attached hydrogens (tertiary/aromatic N) is 1. The van der Waals surface area contributed by atoms with E-state index in [9.17, 15) is 23.1 Å². The Hall–Kier alpha value is -4.02. The number of sulfonamides is 1. The minimum Gasteiger partial charge on any atom is -0.480 e. The van der Waals surface area contributed by atoms with E-state index in [0.29, 0.717) is 22.3 Å². The summed E-state index contributed by atoms with van der Waals surface area (Å²) in [6.45, 7) is 1.82. The van der Waals surface area contributed by atoms with Gasteiger partial charge < -0.3 is 16.3 Å². The van der Waals surface area contributed by atoms with Crippen molar-refractivity contribution in [3.63, 3.8) is 0 Å². The van der Waals surface area contributed by atoms with Crippen LogP contribution >= 0.6 is 0 Å². The summed E-state index contributed by atoms with van der Waals surface area (Å²) < 4.78 is 23.9. The molecule has 0 heterocycles. The van der Waals surface area contributed by atoms with Gasteiger partial charge in [0.05, 0.1) is 11.1 Å². The van der Waals surface area contributed by atoms with Crippen LogP contribution in [-0.4, -0.2) is 37.7 Å². The van der Waals surface area contributed by atoms with Gasteiger partial charge in [-0.05, 0) is 41.8 Å². The van der Waals surface area contributed by atoms with Crippen molar-refractivity contribution in [2.75, 3.05) is 0 Å². The molecule has 176 valence electrons. The molecule has 0 radical (unpaired) electrons. The van der Waals surface area contributed by atoms with Crippen molar-refractivity contribution in [2.45, 2.75) is 24.3 Å². The molecular formula is C24H24N4O5S. The second-order valence-electron chi connectivity index (χ2n) is 7.71. The number of nitrogens with one attached hydrogen (secondary N) is 1. The van der Waals surface area contributed by atoms with E-state index in [1.807, 2.05) is 6.92 Å². The van der Waals surface area contributed by atoms with Crippen LogP contribution in [0.4, 0.5) is 0 Å². The quantitative estimate of drug-likeness (QED) is 0.219. The highest BCUT2D eigenvalue weighted by molar-refractivity contribution is 7.89. The van der Waals surface area contributed by atoms with Gasteiger partial charge in [0, 0.05) is 17.5 Å². The lowest BCUT2D eigenvalue weighted by Crippen LogP contribution is -2.42. The largest absolute Gasteiger partial charge is 0.480 e. The molecule has 3 aromatic carbocycles. The lowest BCUT2D eigenvalue weighted by Gasteiger charge is -2.15.